The maximum absolute atomic E-state index is 13.1. The van der Waals surface area contributed by atoms with Crippen molar-refractivity contribution in [1.82, 2.24) is 14.5 Å². The molecule has 0 spiro atoms. The summed E-state index contributed by atoms with van der Waals surface area (Å²) in [6.07, 6.45) is 0.481. The molecule has 3 amide bonds. The fourth-order valence-electron chi connectivity index (χ4n) is 3.38. The molecule has 1 aliphatic rings. The minimum Gasteiger partial charge on any atom is -0.357 e. The number of sulfonamides is 1. The summed E-state index contributed by atoms with van der Waals surface area (Å²) >= 11 is 0. The van der Waals surface area contributed by atoms with Crippen molar-refractivity contribution in [2.75, 3.05) is 20.1 Å². The molecule has 2 aromatic carbocycles. The molecule has 30 heavy (non-hydrogen) atoms. The van der Waals surface area contributed by atoms with Crippen molar-refractivity contribution in [3.8, 4) is 0 Å². The first-order valence-electron chi connectivity index (χ1n) is 9.48. The molecule has 0 radical (unpaired) electrons. The van der Waals surface area contributed by atoms with Crippen molar-refractivity contribution >= 4 is 27.7 Å². The third-order valence-corrected chi connectivity index (χ3v) is 6.88. The van der Waals surface area contributed by atoms with E-state index in [0.717, 1.165) is 5.56 Å². The van der Waals surface area contributed by atoms with Gasteiger partial charge in [0.05, 0.1) is 5.56 Å². The molecule has 0 fully saturated rings. The van der Waals surface area contributed by atoms with Crippen LogP contribution >= 0.6 is 0 Å². The molecule has 0 aromatic heterocycles. The zero-order valence-corrected chi connectivity index (χ0v) is 17.6. The number of hydrogen-bond donors (Lipinski definition) is 1. The van der Waals surface area contributed by atoms with E-state index in [9.17, 15) is 22.8 Å². The van der Waals surface area contributed by atoms with Gasteiger partial charge >= 0.3 is 0 Å². The van der Waals surface area contributed by atoms with Gasteiger partial charge in [0.1, 0.15) is 17.5 Å². The second-order valence-electron chi connectivity index (χ2n) is 6.93. The first-order valence-corrected chi connectivity index (χ1v) is 10.9. The molecule has 0 saturated heterocycles. The molecular formula is C21H23N3O5S. The van der Waals surface area contributed by atoms with Crippen molar-refractivity contribution in [2.24, 2.45) is 0 Å². The average molecular weight is 429 g/mol. The molecule has 9 heteroatoms. The highest BCUT2D eigenvalue weighted by Crippen LogP contribution is 2.29. The van der Waals surface area contributed by atoms with Crippen molar-refractivity contribution < 1.29 is 22.8 Å². The Morgan fingerprint density at radius 2 is 1.70 bits per heavy atom. The van der Waals surface area contributed by atoms with Crippen LogP contribution in [-0.2, 0) is 26.0 Å². The summed E-state index contributed by atoms with van der Waals surface area (Å²) in [7, 11) is -2.64. The summed E-state index contributed by atoms with van der Waals surface area (Å²) in [5, 5.41) is 2.50. The second-order valence-corrected chi connectivity index (χ2v) is 8.76. The van der Waals surface area contributed by atoms with Crippen LogP contribution in [0.3, 0.4) is 0 Å². The van der Waals surface area contributed by atoms with Crippen LogP contribution in [0.5, 0.6) is 0 Å². The normalized spacial score (nSPS) is 15.4. The van der Waals surface area contributed by atoms with Crippen molar-refractivity contribution in [3.05, 3.63) is 65.7 Å². The summed E-state index contributed by atoms with van der Waals surface area (Å²) < 4.78 is 26.1. The molecule has 0 saturated carbocycles. The number of rotatable bonds is 7. The van der Waals surface area contributed by atoms with Crippen LogP contribution in [0.15, 0.2) is 59.5 Å². The molecular weight excluding hydrogens is 406 g/mol. The lowest BCUT2D eigenvalue weighted by molar-refractivity contribution is -0.139. The zero-order chi connectivity index (χ0) is 21.9. The Morgan fingerprint density at radius 1 is 1.07 bits per heavy atom. The number of amides is 3. The summed E-state index contributed by atoms with van der Waals surface area (Å²) in [5.41, 5.74) is 1.01. The summed E-state index contributed by atoms with van der Waals surface area (Å²) in [6, 6.07) is 14.4. The van der Waals surface area contributed by atoms with Gasteiger partial charge < -0.3 is 10.2 Å². The minimum atomic E-state index is -4.11. The van der Waals surface area contributed by atoms with Crippen LogP contribution in [0, 0.1) is 0 Å². The van der Waals surface area contributed by atoms with Crippen LogP contribution in [0.2, 0.25) is 0 Å². The van der Waals surface area contributed by atoms with Crippen LogP contribution in [0.25, 0.3) is 0 Å². The van der Waals surface area contributed by atoms with Gasteiger partial charge in [-0.15, -0.1) is 0 Å². The number of nitrogens with zero attached hydrogens (tertiary/aromatic N) is 2. The van der Waals surface area contributed by atoms with E-state index in [4.69, 9.17) is 0 Å². The highest BCUT2D eigenvalue weighted by atomic mass is 32.2. The van der Waals surface area contributed by atoms with Crippen LogP contribution < -0.4 is 5.32 Å². The summed E-state index contributed by atoms with van der Waals surface area (Å²) in [4.78, 5) is 39.0. The van der Waals surface area contributed by atoms with Crippen molar-refractivity contribution in [1.29, 1.82) is 0 Å². The molecule has 0 unspecified atom stereocenters. The van der Waals surface area contributed by atoms with Crippen molar-refractivity contribution in [2.45, 2.75) is 24.3 Å². The lowest BCUT2D eigenvalue weighted by Gasteiger charge is -2.29. The van der Waals surface area contributed by atoms with Crippen LogP contribution in [-0.4, -0.2) is 61.5 Å². The maximum Gasteiger partial charge on any atom is 0.269 e. The van der Waals surface area contributed by atoms with E-state index in [0.29, 0.717) is 10.7 Å². The number of fused-ring (bicyclic) bond motifs is 1. The van der Waals surface area contributed by atoms with E-state index in [1.807, 2.05) is 30.3 Å². The van der Waals surface area contributed by atoms with Crippen LogP contribution in [0.1, 0.15) is 22.8 Å². The predicted molar refractivity (Wildman–Crippen MR) is 110 cm³/mol. The lowest BCUT2D eigenvalue weighted by atomic mass is 10.1. The Kier molecular flexibility index (Phi) is 6.21. The standard InChI is InChI=1S/C21H23N3O5S/c1-15(20(26)22-2)23(13-12-16-8-4-3-5-9-16)19(25)14-24-21(27)17-10-6-7-11-18(17)30(24,28)29/h3-11,15H,12-14H2,1-2H3,(H,22,26)/t15-/m0/s1. The maximum atomic E-state index is 13.1. The van der Waals surface area contributed by atoms with E-state index < -0.39 is 34.4 Å². The van der Waals surface area contributed by atoms with Gasteiger partial charge in [0, 0.05) is 13.6 Å². The molecule has 158 valence electrons. The lowest BCUT2D eigenvalue weighted by Crippen LogP contribution is -2.51. The number of benzene rings is 2. The number of carbonyl (C=O) groups is 3. The van der Waals surface area contributed by atoms with E-state index in [2.05, 4.69) is 5.32 Å². The second kappa shape index (κ2) is 8.66. The predicted octanol–water partition coefficient (Wildman–Crippen LogP) is 1.04. The molecule has 2 aromatic rings. The van der Waals surface area contributed by atoms with Gasteiger partial charge in [-0.2, -0.15) is 0 Å². The van der Waals surface area contributed by atoms with E-state index in [-0.39, 0.29) is 22.9 Å². The van der Waals surface area contributed by atoms with Gasteiger partial charge in [-0.05, 0) is 31.0 Å². The molecule has 1 aliphatic heterocycles. The number of nitrogens with one attached hydrogen (secondary N) is 1. The fraction of sp³-hybridized carbons (Fsp3) is 0.286. The monoisotopic (exact) mass is 429 g/mol. The average Bonchev–Trinajstić information content (AvgIpc) is 2.94. The molecule has 1 heterocycles. The van der Waals surface area contributed by atoms with Gasteiger partial charge in [-0.3, -0.25) is 14.4 Å². The highest BCUT2D eigenvalue weighted by Gasteiger charge is 2.42. The number of carbonyl (C=O) groups excluding carboxylic acids is 3. The Bertz CT molecular complexity index is 1070. The Morgan fingerprint density at radius 3 is 2.33 bits per heavy atom. The van der Waals surface area contributed by atoms with Gasteiger partial charge in [0.15, 0.2) is 0 Å². The summed E-state index contributed by atoms with van der Waals surface area (Å²) in [6.45, 7) is 1.11. The van der Waals surface area contributed by atoms with Gasteiger partial charge in [0.2, 0.25) is 11.8 Å². The SMILES string of the molecule is CNC(=O)[C@H](C)N(CCc1ccccc1)C(=O)CN1C(=O)c2ccccc2S1(=O)=O. The van der Waals surface area contributed by atoms with E-state index in [1.54, 1.807) is 13.0 Å². The molecule has 1 N–H and O–H groups in total. The number of hydrogen-bond acceptors (Lipinski definition) is 5. The largest absolute Gasteiger partial charge is 0.357 e. The number of likely N-dealkylation sites (N-methyl/N-ethyl adjacent to an activating group) is 1. The van der Waals surface area contributed by atoms with Crippen LogP contribution in [0.4, 0.5) is 0 Å². The Hall–Kier alpha value is -3.20. The molecule has 8 nitrogen and oxygen atoms in total. The Labute approximate surface area is 175 Å². The Balaban J connectivity index is 1.82. The third kappa shape index (κ3) is 4.06. The fourth-order valence-corrected chi connectivity index (χ4v) is 4.90. The first kappa shape index (κ1) is 21.5. The molecule has 1 atom stereocenters. The quantitative estimate of drug-likeness (QED) is 0.708. The van der Waals surface area contributed by atoms with Gasteiger partial charge in [-0.1, -0.05) is 42.5 Å². The van der Waals surface area contributed by atoms with Gasteiger partial charge in [0.25, 0.3) is 15.9 Å². The smallest absolute Gasteiger partial charge is 0.269 e. The van der Waals surface area contributed by atoms with Crippen molar-refractivity contribution in [3.63, 3.8) is 0 Å². The molecule has 0 aliphatic carbocycles. The minimum absolute atomic E-state index is 0.0421. The highest BCUT2D eigenvalue weighted by molar-refractivity contribution is 7.90. The summed E-state index contributed by atoms with van der Waals surface area (Å²) in [5.74, 6) is -1.74. The first-order chi connectivity index (χ1) is 14.3. The molecule has 0 bridgehead atoms. The third-order valence-electron chi connectivity index (χ3n) is 5.09. The van der Waals surface area contributed by atoms with Gasteiger partial charge in [-0.25, -0.2) is 12.7 Å². The van der Waals surface area contributed by atoms with E-state index in [1.165, 1.54) is 30.1 Å². The zero-order valence-electron chi connectivity index (χ0n) is 16.7. The topological polar surface area (TPSA) is 104 Å². The molecule has 3 rings (SSSR count). The van der Waals surface area contributed by atoms with E-state index >= 15 is 0 Å².